The molecule has 1 heterocycles. The van der Waals surface area contributed by atoms with Crippen LogP contribution >= 0.6 is 0 Å². The molecule has 1 aromatic carbocycles. The fourth-order valence-electron chi connectivity index (χ4n) is 3.30. The monoisotopic (exact) mass is 397 g/mol. The lowest BCUT2D eigenvalue weighted by atomic mass is 10.0. The summed E-state index contributed by atoms with van der Waals surface area (Å²) >= 11 is 0. The van der Waals surface area contributed by atoms with E-state index < -0.39 is 11.3 Å². The molecular weight excluding hydrogens is 373 g/mol. The van der Waals surface area contributed by atoms with Crippen LogP contribution in [0, 0.1) is 0 Å². The second-order valence-corrected chi connectivity index (χ2v) is 6.70. The predicted octanol–water partition coefficient (Wildman–Crippen LogP) is 2.69. The molecule has 0 atom stereocenters. The number of carbonyl (C=O) groups excluding carboxylic acids is 1. The van der Waals surface area contributed by atoms with E-state index in [1.807, 2.05) is 6.92 Å². The molecule has 0 fully saturated rings. The van der Waals surface area contributed by atoms with Crippen LogP contribution in [0.1, 0.15) is 26.2 Å². The second kappa shape index (κ2) is 9.37. The van der Waals surface area contributed by atoms with Crippen molar-refractivity contribution in [2.45, 2.75) is 32.7 Å². The van der Waals surface area contributed by atoms with Crippen molar-refractivity contribution in [2.24, 2.45) is 0 Å². The number of aromatic nitrogens is 1. The summed E-state index contributed by atoms with van der Waals surface area (Å²) in [7, 11) is 1.56. The fourth-order valence-corrected chi connectivity index (χ4v) is 3.30. The van der Waals surface area contributed by atoms with E-state index in [4.69, 9.17) is 9.47 Å². The van der Waals surface area contributed by atoms with Gasteiger partial charge in [0, 0.05) is 31.1 Å². The quantitative estimate of drug-likeness (QED) is 0.643. The van der Waals surface area contributed by atoms with Gasteiger partial charge in [-0.2, -0.15) is 0 Å². The molecule has 0 radical (unpaired) electrons. The highest BCUT2D eigenvalue weighted by Crippen LogP contribution is 2.19. The summed E-state index contributed by atoms with van der Waals surface area (Å²) < 4.78 is 27.7. The number of allylic oxidation sites excluding steroid dienone is 1. The van der Waals surface area contributed by atoms with Gasteiger partial charge >= 0.3 is 0 Å². The van der Waals surface area contributed by atoms with E-state index in [0.29, 0.717) is 41.1 Å². The summed E-state index contributed by atoms with van der Waals surface area (Å²) in [6.45, 7) is 2.74. The average Bonchev–Trinajstić information content (AvgIpc) is 2.91. The molecule has 0 amide bonds. The molecule has 0 unspecified atom stereocenters. The number of methoxy groups -OCH3 is 1. The Morgan fingerprint density at radius 3 is 2.66 bits per heavy atom. The molecule has 6 heteroatoms. The van der Waals surface area contributed by atoms with Gasteiger partial charge in [-0.25, -0.2) is 4.39 Å². The van der Waals surface area contributed by atoms with E-state index in [0.717, 1.165) is 12.7 Å². The Balaban J connectivity index is 2.36. The molecule has 152 valence electrons. The van der Waals surface area contributed by atoms with E-state index in [2.05, 4.69) is 0 Å². The van der Waals surface area contributed by atoms with Crippen molar-refractivity contribution < 1.29 is 18.7 Å². The van der Waals surface area contributed by atoms with Gasteiger partial charge in [0.25, 0.3) is 0 Å². The van der Waals surface area contributed by atoms with Gasteiger partial charge in [-0.05, 0) is 30.2 Å². The SMILES string of the molecule is CCCOC1=c2c(c(=O)c(-c3ccc(OC)cc3)cn2CCC=O)=C(F)CC=C1. The van der Waals surface area contributed by atoms with Gasteiger partial charge in [0.1, 0.15) is 23.6 Å². The first-order chi connectivity index (χ1) is 14.1. The summed E-state index contributed by atoms with van der Waals surface area (Å²) in [5.41, 5.74) is 0.620. The predicted molar refractivity (Wildman–Crippen MR) is 111 cm³/mol. The van der Waals surface area contributed by atoms with Crippen LogP contribution in [-0.4, -0.2) is 24.6 Å². The van der Waals surface area contributed by atoms with E-state index in [9.17, 15) is 9.59 Å². The van der Waals surface area contributed by atoms with E-state index >= 15 is 4.39 Å². The molecular formula is C23H24FNO4. The Bertz CT molecular complexity index is 1100. The molecule has 0 bridgehead atoms. The number of benzene rings is 1. The molecule has 0 N–H and O–H groups in total. The maximum Gasteiger partial charge on any atom is 0.199 e. The standard InChI is InChI=1S/C23H24FNO4/c1-3-14-29-20-7-4-6-19(24)21-22(20)25(12-5-13-26)15-18(23(21)27)16-8-10-17(28-2)11-9-16/h4,7-11,13,15H,3,5-6,12,14H2,1-2H3. The van der Waals surface area contributed by atoms with Crippen molar-refractivity contribution in [1.29, 1.82) is 0 Å². The van der Waals surface area contributed by atoms with Gasteiger partial charge in [-0.1, -0.05) is 25.1 Å². The normalized spacial score (nSPS) is 13.1. The topological polar surface area (TPSA) is 57.5 Å². The first kappa shape index (κ1) is 20.6. The van der Waals surface area contributed by atoms with Crippen molar-refractivity contribution in [1.82, 2.24) is 4.57 Å². The number of aryl methyl sites for hydroxylation is 1. The van der Waals surface area contributed by atoms with Gasteiger partial charge in [-0.15, -0.1) is 0 Å². The lowest BCUT2D eigenvalue weighted by Gasteiger charge is -2.14. The summed E-state index contributed by atoms with van der Waals surface area (Å²) in [5, 5.41) is 0.383. The van der Waals surface area contributed by atoms with Crippen LogP contribution < -0.4 is 20.7 Å². The zero-order valence-electron chi connectivity index (χ0n) is 16.6. The largest absolute Gasteiger partial charge is 0.497 e. The van der Waals surface area contributed by atoms with Gasteiger partial charge in [0.15, 0.2) is 5.43 Å². The van der Waals surface area contributed by atoms with E-state index in [1.165, 1.54) is 0 Å². The fraction of sp³-hybridized carbons (Fsp3) is 0.304. The number of aldehydes is 1. The number of hydrogen-bond donors (Lipinski definition) is 0. The van der Waals surface area contributed by atoms with Crippen LogP contribution in [0.15, 0.2) is 47.4 Å². The van der Waals surface area contributed by atoms with Gasteiger partial charge in [0.05, 0.1) is 24.3 Å². The molecule has 0 saturated carbocycles. The van der Waals surface area contributed by atoms with Gasteiger partial charge < -0.3 is 18.8 Å². The summed E-state index contributed by atoms with van der Waals surface area (Å²) in [4.78, 5) is 24.3. The lowest BCUT2D eigenvalue weighted by Crippen LogP contribution is -2.48. The summed E-state index contributed by atoms with van der Waals surface area (Å²) in [6.07, 6.45) is 6.86. The first-order valence-electron chi connectivity index (χ1n) is 9.64. The molecule has 5 nitrogen and oxygen atoms in total. The Kier molecular flexibility index (Phi) is 6.65. The Morgan fingerprint density at radius 2 is 2.00 bits per heavy atom. The highest BCUT2D eigenvalue weighted by molar-refractivity contribution is 5.65. The van der Waals surface area contributed by atoms with Crippen molar-refractivity contribution in [3.8, 4) is 16.9 Å². The van der Waals surface area contributed by atoms with Crippen LogP contribution in [0.25, 0.3) is 22.7 Å². The molecule has 3 rings (SSSR count). The second-order valence-electron chi connectivity index (χ2n) is 6.70. The molecule has 0 aliphatic heterocycles. The third-order valence-electron chi connectivity index (χ3n) is 4.70. The molecule has 0 saturated heterocycles. The number of ether oxygens (including phenoxy) is 2. The minimum Gasteiger partial charge on any atom is -0.497 e. The lowest BCUT2D eigenvalue weighted by molar-refractivity contribution is -0.108. The maximum atomic E-state index is 15.0. The van der Waals surface area contributed by atoms with Crippen molar-refractivity contribution >= 4 is 17.9 Å². The highest BCUT2D eigenvalue weighted by atomic mass is 19.1. The molecule has 1 aliphatic carbocycles. The number of pyridine rings is 1. The van der Waals surface area contributed by atoms with E-state index in [1.54, 1.807) is 54.3 Å². The summed E-state index contributed by atoms with van der Waals surface area (Å²) in [5.74, 6) is 0.598. The molecule has 2 aromatic rings. The van der Waals surface area contributed by atoms with Gasteiger partial charge in [-0.3, -0.25) is 4.79 Å². The molecule has 29 heavy (non-hydrogen) atoms. The van der Waals surface area contributed by atoms with E-state index in [-0.39, 0.29) is 18.1 Å². The Morgan fingerprint density at radius 1 is 1.24 bits per heavy atom. The van der Waals surface area contributed by atoms with Crippen molar-refractivity contribution in [3.63, 3.8) is 0 Å². The van der Waals surface area contributed by atoms with Crippen LogP contribution in [-0.2, 0) is 16.1 Å². The maximum absolute atomic E-state index is 15.0. The van der Waals surface area contributed by atoms with Crippen molar-refractivity contribution in [2.75, 3.05) is 13.7 Å². The Labute approximate surface area is 168 Å². The smallest absolute Gasteiger partial charge is 0.199 e. The van der Waals surface area contributed by atoms with Crippen LogP contribution in [0.2, 0.25) is 0 Å². The number of halogens is 1. The average molecular weight is 397 g/mol. The highest BCUT2D eigenvalue weighted by Gasteiger charge is 2.16. The first-order valence-corrected chi connectivity index (χ1v) is 9.64. The molecule has 1 aliphatic rings. The zero-order chi connectivity index (χ0) is 20.8. The molecule has 1 aromatic heterocycles. The number of rotatable bonds is 8. The van der Waals surface area contributed by atoms with Crippen molar-refractivity contribution in [3.05, 3.63) is 63.4 Å². The van der Waals surface area contributed by atoms with Crippen LogP contribution in [0.3, 0.4) is 0 Å². The number of nitrogens with zero attached hydrogens (tertiary/aromatic N) is 1. The zero-order valence-corrected chi connectivity index (χ0v) is 16.6. The number of hydrogen-bond acceptors (Lipinski definition) is 4. The minimum absolute atomic E-state index is 0.000296. The summed E-state index contributed by atoms with van der Waals surface area (Å²) in [6, 6.07) is 7.02. The number of fused-ring (bicyclic) bond motifs is 1. The van der Waals surface area contributed by atoms with Crippen LogP contribution in [0.4, 0.5) is 4.39 Å². The third-order valence-corrected chi connectivity index (χ3v) is 4.70. The van der Waals surface area contributed by atoms with Gasteiger partial charge in [0.2, 0.25) is 0 Å². The minimum atomic E-state index is -0.508. The van der Waals surface area contributed by atoms with Crippen LogP contribution in [0.5, 0.6) is 5.75 Å². The number of carbonyl (C=O) groups is 1. The Hall–Kier alpha value is -3.15. The molecule has 0 spiro atoms. The third kappa shape index (κ3) is 4.31.